The van der Waals surface area contributed by atoms with Gasteiger partial charge in [-0.3, -0.25) is 24.5 Å². The van der Waals surface area contributed by atoms with Crippen LogP contribution in [0, 0.1) is 10.1 Å². The third-order valence-corrected chi connectivity index (χ3v) is 5.01. The minimum absolute atomic E-state index is 0.0328. The molecule has 0 unspecified atom stereocenters. The fourth-order valence-corrected chi connectivity index (χ4v) is 3.10. The molecule has 40 heavy (non-hydrogen) atoms. The Morgan fingerprint density at radius 1 is 1.07 bits per heavy atom. The van der Waals surface area contributed by atoms with E-state index in [0.29, 0.717) is 17.9 Å². The van der Waals surface area contributed by atoms with Crippen molar-refractivity contribution in [2.45, 2.75) is 19.9 Å². The third kappa shape index (κ3) is 13.1. The summed E-state index contributed by atoms with van der Waals surface area (Å²) in [6.45, 7) is 3.28. The minimum atomic E-state index is -1.60. The maximum absolute atomic E-state index is 13.0. The minimum Gasteiger partial charge on any atom is -0.493 e. The van der Waals surface area contributed by atoms with E-state index in [9.17, 15) is 29.3 Å². The van der Waals surface area contributed by atoms with Gasteiger partial charge in [-0.25, -0.2) is 4.79 Å². The lowest BCUT2D eigenvalue weighted by molar-refractivity contribution is -0.384. The van der Waals surface area contributed by atoms with Gasteiger partial charge in [0.2, 0.25) is 5.91 Å². The van der Waals surface area contributed by atoms with Crippen LogP contribution in [0.4, 0.5) is 5.69 Å². The second kappa shape index (κ2) is 17.7. The van der Waals surface area contributed by atoms with Crippen LogP contribution in [-0.2, 0) is 30.5 Å². The van der Waals surface area contributed by atoms with E-state index < -0.39 is 28.7 Å². The Morgan fingerprint density at radius 3 is 2.25 bits per heavy atom. The molecular weight excluding hydrogens is 524 g/mol. The molecule has 0 bridgehead atoms. The molecule has 0 saturated carbocycles. The standard InChI is InChI=1S/C25H31N3O6.C2H3NO3/c1-4-33-25(30)19-27(24(29)15-12-20-10-13-22(14-11-20)28(31)32)18-21-8-5-6-9-23(21)34-17-7-16-26(2)3;3-1(4)2(5)6/h5-6,8-15H,4,7,16-19H2,1-3H3;(H2,3,4)(H,5,6). The van der Waals surface area contributed by atoms with Crippen molar-refractivity contribution in [3.05, 3.63) is 75.8 Å². The molecule has 0 aliphatic rings. The number of primary amides is 1. The molecule has 2 amide bonds. The molecule has 13 nitrogen and oxygen atoms in total. The summed E-state index contributed by atoms with van der Waals surface area (Å²) in [5, 5.41) is 18.3. The largest absolute Gasteiger partial charge is 0.493 e. The number of rotatable bonds is 13. The molecule has 3 N–H and O–H groups in total. The average molecular weight is 559 g/mol. The van der Waals surface area contributed by atoms with Crippen molar-refractivity contribution >= 4 is 35.5 Å². The number of carbonyl (C=O) groups is 4. The molecule has 0 radical (unpaired) electrons. The number of para-hydroxylation sites is 1. The summed E-state index contributed by atoms with van der Waals surface area (Å²) in [6.07, 6.45) is 3.74. The second-order valence-electron chi connectivity index (χ2n) is 8.46. The summed E-state index contributed by atoms with van der Waals surface area (Å²) in [6, 6.07) is 13.2. The number of nitro benzene ring substituents is 1. The summed E-state index contributed by atoms with van der Waals surface area (Å²) < 4.78 is 11.0. The van der Waals surface area contributed by atoms with E-state index in [4.69, 9.17) is 14.6 Å². The maximum Gasteiger partial charge on any atom is 0.394 e. The van der Waals surface area contributed by atoms with Gasteiger partial charge >= 0.3 is 17.8 Å². The van der Waals surface area contributed by atoms with E-state index >= 15 is 0 Å². The van der Waals surface area contributed by atoms with Crippen molar-refractivity contribution in [1.82, 2.24) is 9.80 Å². The van der Waals surface area contributed by atoms with E-state index in [0.717, 1.165) is 18.5 Å². The average Bonchev–Trinajstić information content (AvgIpc) is 2.90. The van der Waals surface area contributed by atoms with Gasteiger partial charge in [0.05, 0.1) is 24.7 Å². The van der Waals surface area contributed by atoms with Crippen LogP contribution in [0.1, 0.15) is 24.5 Å². The van der Waals surface area contributed by atoms with Gasteiger partial charge in [0, 0.05) is 30.3 Å². The summed E-state index contributed by atoms with van der Waals surface area (Å²) in [7, 11) is 3.99. The molecule has 2 aromatic rings. The lowest BCUT2D eigenvalue weighted by Crippen LogP contribution is -2.35. The molecule has 216 valence electrons. The molecule has 2 rings (SSSR count). The molecule has 0 aliphatic carbocycles. The first-order valence-corrected chi connectivity index (χ1v) is 12.2. The van der Waals surface area contributed by atoms with Gasteiger partial charge in [0.25, 0.3) is 5.69 Å². The van der Waals surface area contributed by atoms with E-state index in [1.54, 1.807) is 25.1 Å². The predicted molar refractivity (Wildman–Crippen MR) is 146 cm³/mol. The summed E-state index contributed by atoms with van der Waals surface area (Å²) in [5.74, 6) is -3.18. The van der Waals surface area contributed by atoms with Crippen molar-refractivity contribution in [2.24, 2.45) is 5.73 Å². The van der Waals surface area contributed by atoms with Gasteiger partial charge in [0.1, 0.15) is 12.3 Å². The van der Waals surface area contributed by atoms with Gasteiger partial charge in [-0.1, -0.05) is 18.2 Å². The van der Waals surface area contributed by atoms with E-state index in [2.05, 4.69) is 10.6 Å². The van der Waals surface area contributed by atoms with Crippen LogP contribution in [-0.4, -0.2) is 84.0 Å². The monoisotopic (exact) mass is 558 g/mol. The van der Waals surface area contributed by atoms with Gasteiger partial charge in [-0.2, -0.15) is 0 Å². The van der Waals surface area contributed by atoms with Crippen LogP contribution >= 0.6 is 0 Å². The number of hydrogen-bond acceptors (Lipinski definition) is 9. The zero-order chi connectivity index (χ0) is 30.1. The normalized spacial score (nSPS) is 10.4. The van der Waals surface area contributed by atoms with Gasteiger partial charge in [-0.15, -0.1) is 0 Å². The van der Waals surface area contributed by atoms with Crippen molar-refractivity contribution in [2.75, 3.05) is 40.4 Å². The molecule has 0 atom stereocenters. The highest BCUT2D eigenvalue weighted by Crippen LogP contribution is 2.21. The van der Waals surface area contributed by atoms with Crippen molar-refractivity contribution in [3.63, 3.8) is 0 Å². The Bertz CT molecular complexity index is 1170. The molecule has 13 heteroatoms. The van der Waals surface area contributed by atoms with Gasteiger partial charge in [-0.05, 0) is 57.3 Å². The van der Waals surface area contributed by atoms with Crippen molar-refractivity contribution in [3.8, 4) is 5.75 Å². The Balaban J connectivity index is 0.00000120. The quantitative estimate of drug-likeness (QED) is 0.0922. The van der Waals surface area contributed by atoms with Crippen LogP contribution in [0.3, 0.4) is 0 Å². The fraction of sp³-hybridized carbons (Fsp3) is 0.333. The first kappa shape index (κ1) is 33.2. The number of carbonyl (C=O) groups excluding carboxylic acids is 3. The summed E-state index contributed by atoms with van der Waals surface area (Å²) in [5.41, 5.74) is 5.56. The number of carboxylic acids is 1. The molecular formula is C27H34N4O9. The number of nitro groups is 1. The maximum atomic E-state index is 13.0. The number of aliphatic carboxylic acids is 1. The Kier molecular flexibility index (Phi) is 14.7. The van der Waals surface area contributed by atoms with E-state index in [-0.39, 0.29) is 25.4 Å². The number of hydrogen-bond donors (Lipinski definition) is 2. The van der Waals surface area contributed by atoms with Crippen LogP contribution in [0.25, 0.3) is 6.08 Å². The number of ether oxygens (including phenoxy) is 2. The Labute approximate surface area is 231 Å². The number of amides is 2. The highest BCUT2D eigenvalue weighted by Gasteiger charge is 2.18. The van der Waals surface area contributed by atoms with Crippen LogP contribution < -0.4 is 10.5 Å². The zero-order valence-electron chi connectivity index (χ0n) is 22.6. The number of carboxylic acid groups (broad SMARTS) is 1. The summed E-state index contributed by atoms with van der Waals surface area (Å²) in [4.78, 5) is 57.4. The smallest absolute Gasteiger partial charge is 0.394 e. The molecule has 2 aromatic carbocycles. The Hall–Kier alpha value is -4.78. The number of nitrogens with two attached hydrogens (primary N) is 1. The lowest BCUT2D eigenvalue weighted by Gasteiger charge is -2.22. The molecule has 0 aliphatic heterocycles. The van der Waals surface area contributed by atoms with Gasteiger partial charge in [0.15, 0.2) is 0 Å². The Morgan fingerprint density at radius 2 is 1.70 bits per heavy atom. The number of benzene rings is 2. The number of non-ortho nitro benzene ring substituents is 1. The van der Waals surface area contributed by atoms with Crippen molar-refractivity contribution < 1.29 is 38.7 Å². The van der Waals surface area contributed by atoms with Crippen LogP contribution in [0.5, 0.6) is 5.75 Å². The second-order valence-corrected chi connectivity index (χ2v) is 8.46. The topological polar surface area (TPSA) is 183 Å². The highest BCUT2D eigenvalue weighted by atomic mass is 16.6. The molecule has 0 aromatic heterocycles. The summed E-state index contributed by atoms with van der Waals surface area (Å²) >= 11 is 0. The van der Waals surface area contributed by atoms with Crippen molar-refractivity contribution in [1.29, 1.82) is 0 Å². The number of esters is 1. The fourth-order valence-electron chi connectivity index (χ4n) is 3.10. The van der Waals surface area contributed by atoms with Crippen LogP contribution in [0.2, 0.25) is 0 Å². The number of nitrogens with zero attached hydrogens (tertiary/aromatic N) is 3. The molecule has 0 fully saturated rings. The van der Waals surface area contributed by atoms with Gasteiger partial charge < -0.3 is 30.1 Å². The first-order valence-electron chi connectivity index (χ1n) is 12.2. The zero-order valence-corrected chi connectivity index (χ0v) is 22.6. The molecule has 0 spiro atoms. The van der Waals surface area contributed by atoms with Crippen LogP contribution in [0.15, 0.2) is 54.6 Å². The van der Waals surface area contributed by atoms with E-state index in [1.807, 2.05) is 38.4 Å². The first-order chi connectivity index (χ1) is 18.9. The molecule has 0 saturated heterocycles. The SMILES string of the molecule is CCOC(=O)CN(Cc1ccccc1OCCCN(C)C)C(=O)C=Cc1ccc([N+](=O)[O-])cc1.NC(=O)C(=O)O. The molecule has 0 heterocycles. The predicted octanol–water partition coefficient (Wildman–Crippen LogP) is 2.09. The lowest BCUT2D eigenvalue weighted by atomic mass is 10.1. The highest BCUT2D eigenvalue weighted by molar-refractivity contribution is 6.30. The van der Waals surface area contributed by atoms with E-state index in [1.165, 1.54) is 23.1 Å². The third-order valence-electron chi connectivity index (χ3n) is 5.01.